The van der Waals surface area contributed by atoms with E-state index >= 15 is 0 Å². The van der Waals surface area contributed by atoms with Gasteiger partial charge < -0.3 is 5.73 Å². The Bertz CT molecular complexity index is 459. The number of hydrogen-bond donors (Lipinski definition) is 1. The van der Waals surface area contributed by atoms with Crippen LogP contribution >= 0.6 is 11.5 Å². The number of pyridine rings is 1. The molecular weight excluding hydrogens is 182 g/mol. The number of nitrogens with two attached hydrogens (primary N) is 1. The van der Waals surface area contributed by atoms with Gasteiger partial charge in [-0.3, -0.25) is 0 Å². The Morgan fingerprint density at radius 3 is 3.08 bits per heavy atom. The Kier molecular flexibility index (Phi) is 1.30. The quantitative estimate of drug-likeness (QED) is 0.745. The summed E-state index contributed by atoms with van der Waals surface area (Å²) in [7, 11) is 0. The topological polar surface area (TPSA) is 51.8 Å². The van der Waals surface area contributed by atoms with Crippen LogP contribution in [0.15, 0.2) is 18.3 Å². The molecule has 0 bridgehead atoms. The molecule has 0 unspecified atom stereocenters. The summed E-state index contributed by atoms with van der Waals surface area (Å²) in [6.07, 6.45) is 3.90. The summed E-state index contributed by atoms with van der Waals surface area (Å²) < 4.78 is 4.38. The van der Waals surface area contributed by atoms with E-state index in [1.807, 2.05) is 12.1 Å². The first-order valence-electron chi connectivity index (χ1n) is 4.29. The van der Waals surface area contributed by atoms with E-state index in [-0.39, 0.29) is 5.54 Å². The summed E-state index contributed by atoms with van der Waals surface area (Å²) in [5.74, 6) is 0. The number of fused-ring (bicyclic) bond motifs is 1. The normalized spacial score (nSPS) is 19.2. The maximum absolute atomic E-state index is 6.09. The Morgan fingerprint density at radius 1 is 1.46 bits per heavy atom. The third-order valence-corrected chi connectivity index (χ3v) is 3.28. The molecule has 1 aliphatic rings. The van der Waals surface area contributed by atoms with Crippen molar-refractivity contribution in [3.05, 3.63) is 24.0 Å². The van der Waals surface area contributed by atoms with Crippen LogP contribution in [0.3, 0.4) is 0 Å². The number of hydrogen-bond acceptors (Lipinski definition) is 4. The van der Waals surface area contributed by atoms with Crippen molar-refractivity contribution < 1.29 is 0 Å². The second kappa shape index (κ2) is 2.27. The van der Waals surface area contributed by atoms with Crippen molar-refractivity contribution in [1.29, 1.82) is 0 Å². The zero-order chi connectivity index (χ0) is 8.89. The van der Waals surface area contributed by atoms with Crippen LogP contribution < -0.4 is 5.73 Å². The molecule has 66 valence electrons. The average Bonchev–Trinajstić information content (AvgIpc) is 2.76. The molecule has 0 aliphatic heterocycles. The molecule has 2 aromatic rings. The van der Waals surface area contributed by atoms with Gasteiger partial charge in [-0.15, -0.1) is 0 Å². The molecule has 0 spiro atoms. The van der Waals surface area contributed by atoms with Gasteiger partial charge in [0.25, 0.3) is 0 Å². The molecule has 2 N–H and O–H groups in total. The molecule has 1 saturated carbocycles. The molecule has 3 rings (SSSR count). The third-order valence-electron chi connectivity index (χ3n) is 2.51. The minimum absolute atomic E-state index is 0.138. The summed E-state index contributed by atoms with van der Waals surface area (Å²) >= 11 is 1.44. The van der Waals surface area contributed by atoms with Crippen molar-refractivity contribution in [2.24, 2.45) is 5.73 Å². The van der Waals surface area contributed by atoms with Crippen molar-refractivity contribution in [2.75, 3.05) is 0 Å². The Morgan fingerprint density at radius 2 is 2.31 bits per heavy atom. The highest BCUT2D eigenvalue weighted by atomic mass is 32.1. The first kappa shape index (κ1) is 7.41. The molecule has 1 aliphatic carbocycles. The predicted molar refractivity (Wildman–Crippen MR) is 52.5 cm³/mol. The fourth-order valence-corrected chi connectivity index (χ4v) is 2.34. The van der Waals surface area contributed by atoms with Crippen LogP contribution in [-0.2, 0) is 5.54 Å². The zero-order valence-electron chi connectivity index (χ0n) is 7.03. The summed E-state index contributed by atoms with van der Waals surface area (Å²) in [5.41, 5.74) is 7.00. The van der Waals surface area contributed by atoms with E-state index in [1.165, 1.54) is 11.5 Å². The lowest BCUT2D eigenvalue weighted by Gasteiger charge is -2.03. The van der Waals surface area contributed by atoms with E-state index in [9.17, 15) is 0 Å². The van der Waals surface area contributed by atoms with Gasteiger partial charge in [0, 0.05) is 11.6 Å². The SMILES string of the molecule is NC1(c2nsc3ncccc23)CC1. The fourth-order valence-electron chi connectivity index (χ4n) is 1.51. The first-order valence-corrected chi connectivity index (χ1v) is 5.07. The van der Waals surface area contributed by atoms with Crippen molar-refractivity contribution in [3.63, 3.8) is 0 Å². The molecule has 0 saturated heterocycles. The maximum Gasteiger partial charge on any atom is 0.143 e. The van der Waals surface area contributed by atoms with E-state index in [4.69, 9.17) is 5.73 Å². The van der Waals surface area contributed by atoms with Crippen LogP contribution in [0.25, 0.3) is 10.2 Å². The largest absolute Gasteiger partial charge is 0.320 e. The predicted octanol–water partition coefficient (Wildman–Crippen LogP) is 1.64. The monoisotopic (exact) mass is 191 g/mol. The minimum Gasteiger partial charge on any atom is -0.320 e. The molecule has 3 nitrogen and oxygen atoms in total. The van der Waals surface area contributed by atoms with Crippen LogP contribution in [0.4, 0.5) is 0 Å². The molecule has 0 radical (unpaired) electrons. The zero-order valence-corrected chi connectivity index (χ0v) is 7.84. The highest BCUT2D eigenvalue weighted by Gasteiger charge is 2.43. The van der Waals surface area contributed by atoms with Crippen LogP contribution in [0, 0.1) is 0 Å². The minimum atomic E-state index is -0.138. The smallest absolute Gasteiger partial charge is 0.143 e. The van der Waals surface area contributed by atoms with Gasteiger partial charge in [-0.05, 0) is 36.5 Å². The molecular formula is C9H9N3S. The number of nitrogens with zero attached hydrogens (tertiary/aromatic N) is 2. The van der Waals surface area contributed by atoms with Gasteiger partial charge in [0.15, 0.2) is 0 Å². The molecule has 13 heavy (non-hydrogen) atoms. The van der Waals surface area contributed by atoms with Gasteiger partial charge in [0.2, 0.25) is 0 Å². The molecule has 1 fully saturated rings. The van der Waals surface area contributed by atoms with E-state index in [1.54, 1.807) is 6.20 Å². The van der Waals surface area contributed by atoms with Gasteiger partial charge in [-0.2, -0.15) is 4.37 Å². The van der Waals surface area contributed by atoms with Crippen molar-refractivity contribution in [1.82, 2.24) is 9.36 Å². The molecule has 0 atom stereocenters. The van der Waals surface area contributed by atoms with Gasteiger partial charge in [0.05, 0.1) is 11.2 Å². The Labute approximate surface area is 79.8 Å². The van der Waals surface area contributed by atoms with Crippen molar-refractivity contribution in [2.45, 2.75) is 18.4 Å². The lowest BCUT2D eigenvalue weighted by Crippen LogP contribution is -2.19. The van der Waals surface area contributed by atoms with Gasteiger partial charge in [-0.1, -0.05) is 0 Å². The lowest BCUT2D eigenvalue weighted by atomic mass is 10.1. The van der Waals surface area contributed by atoms with E-state index in [0.717, 1.165) is 28.8 Å². The second-order valence-electron chi connectivity index (χ2n) is 3.54. The molecule has 0 aromatic carbocycles. The molecule has 0 amide bonds. The maximum atomic E-state index is 6.09. The summed E-state index contributed by atoms with van der Waals surface area (Å²) in [5, 5.41) is 1.13. The first-order chi connectivity index (χ1) is 6.30. The second-order valence-corrected chi connectivity index (χ2v) is 4.30. The number of aromatic nitrogens is 2. The molecule has 2 heterocycles. The summed E-state index contributed by atoms with van der Waals surface area (Å²) in [4.78, 5) is 5.24. The van der Waals surface area contributed by atoms with E-state index in [2.05, 4.69) is 9.36 Å². The lowest BCUT2D eigenvalue weighted by molar-refractivity contribution is 0.727. The average molecular weight is 191 g/mol. The highest BCUT2D eigenvalue weighted by molar-refractivity contribution is 7.12. The van der Waals surface area contributed by atoms with Crippen LogP contribution in [-0.4, -0.2) is 9.36 Å². The Balaban J connectivity index is 2.30. The van der Waals surface area contributed by atoms with Crippen molar-refractivity contribution in [3.8, 4) is 0 Å². The Hall–Kier alpha value is -1.00. The summed E-state index contributed by atoms with van der Waals surface area (Å²) in [6.45, 7) is 0. The highest BCUT2D eigenvalue weighted by Crippen LogP contribution is 2.45. The van der Waals surface area contributed by atoms with Crippen LogP contribution in [0.1, 0.15) is 18.5 Å². The fraction of sp³-hybridized carbons (Fsp3) is 0.333. The third kappa shape index (κ3) is 0.990. The van der Waals surface area contributed by atoms with Crippen molar-refractivity contribution >= 4 is 21.7 Å². The van der Waals surface area contributed by atoms with E-state index < -0.39 is 0 Å². The molecule has 4 heteroatoms. The van der Waals surface area contributed by atoms with Gasteiger partial charge in [-0.25, -0.2) is 4.98 Å². The number of rotatable bonds is 1. The van der Waals surface area contributed by atoms with Crippen LogP contribution in [0.2, 0.25) is 0 Å². The van der Waals surface area contributed by atoms with E-state index in [0.29, 0.717) is 0 Å². The van der Waals surface area contributed by atoms with Gasteiger partial charge >= 0.3 is 0 Å². The summed E-state index contributed by atoms with van der Waals surface area (Å²) in [6, 6.07) is 3.99. The standard InChI is InChI=1S/C9H9N3S/c10-9(3-4-9)7-6-2-1-5-11-8(6)13-12-7/h1-2,5H,3-4,10H2. The van der Waals surface area contributed by atoms with Gasteiger partial charge in [0.1, 0.15) is 4.83 Å². The molecule has 2 aromatic heterocycles. The van der Waals surface area contributed by atoms with Crippen LogP contribution in [0.5, 0.6) is 0 Å².